The Morgan fingerprint density at radius 2 is 2.00 bits per heavy atom. The highest BCUT2D eigenvalue weighted by molar-refractivity contribution is 7.92. The third-order valence-electron chi connectivity index (χ3n) is 4.53. The minimum Gasteiger partial charge on any atom is -0.348 e. The first-order chi connectivity index (χ1) is 12.3. The lowest BCUT2D eigenvalue weighted by Crippen LogP contribution is -2.38. The van der Waals surface area contributed by atoms with E-state index < -0.39 is 10.0 Å². The number of hydrogen-bond donors (Lipinski definition) is 2. The van der Waals surface area contributed by atoms with Crippen molar-refractivity contribution < 1.29 is 13.2 Å². The lowest BCUT2D eigenvalue weighted by atomic mass is 10.1. The van der Waals surface area contributed by atoms with E-state index in [2.05, 4.69) is 5.32 Å². The molecule has 1 aliphatic heterocycles. The minimum atomic E-state index is -3.76. The molecule has 2 atom stereocenters. The van der Waals surface area contributed by atoms with Gasteiger partial charge in [0.25, 0.3) is 15.9 Å². The quantitative estimate of drug-likeness (QED) is 0.837. The highest BCUT2D eigenvalue weighted by atomic mass is 32.2. The molecular formula is C19H23N3O3S. The van der Waals surface area contributed by atoms with Crippen molar-refractivity contribution in [1.29, 1.82) is 0 Å². The molecule has 1 heterocycles. The monoisotopic (exact) mass is 373 g/mol. The van der Waals surface area contributed by atoms with Crippen LogP contribution in [0.3, 0.4) is 0 Å². The van der Waals surface area contributed by atoms with E-state index in [0.29, 0.717) is 24.2 Å². The number of carbonyl (C=O) groups excluding carboxylic acids is 1. The van der Waals surface area contributed by atoms with Crippen LogP contribution in [0.4, 0.5) is 5.69 Å². The highest BCUT2D eigenvalue weighted by Crippen LogP contribution is 2.36. The first-order valence-corrected chi connectivity index (χ1v) is 10.0. The van der Waals surface area contributed by atoms with Gasteiger partial charge in [0.2, 0.25) is 0 Å². The zero-order valence-corrected chi connectivity index (χ0v) is 15.7. The molecule has 0 aliphatic carbocycles. The largest absolute Gasteiger partial charge is 0.348 e. The number of anilines is 1. The smallest absolute Gasteiger partial charge is 0.264 e. The summed E-state index contributed by atoms with van der Waals surface area (Å²) in [4.78, 5) is 12.4. The number of nitrogens with one attached hydrogen (secondary N) is 1. The van der Waals surface area contributed by atoms with Gasteiger partial charge in [0.1, 0.15) is 0 Å². The molecule has 7 heteroatoms. The van der Waals surface area contributed by atoms with E-state index in [1.165, 1.54) is 16.4 Å². The first-order valence-electron chi connectivity index (χ1n) is 8.58. The van der Waals surface area contributed by atoms with Crippen LogP contribution in [0.2, 0.25) is 0 Å². The fourth-order valence-electron chi connectivity index (χ4n) is 3.18. The van der Waals surface area contributed by atoms with Gasteiger partial charge in [0.05, 0.1) is 10.6 Å². The van der Waals surface area contributed by atoms with Crippen LogP contribution in [0.5, 0.6) is 0 Å². The van der Waals surface area contributed by atoms with E-state index in [1.807, 2.05) is 31.2 Å². The topological polar surface area (TPSA) is 92.5 Å². The fourth-order valence-corrected chi connectivity index (χ4v) is 4.92. The van der Waals surface area contributed by atoms with E-state index in [0.717, 1.165) is 5.56 Å². The molecule has 2 aromatic carbocycles. The summed E-state index contributed by atoms with van der Waals surface area (Å²) in [6, 6.07) is 13.3. The second kappa shape index (κ2) is 7.09. The standard InChI is InChI=1S/C19H23N3O3S/c1-13(12-20)21-19(23)16-7-5-8-17(11-16)26(24,25)22-14(2)10-15-6-3-4-9-18(15)22/h3-9,11,13-14H,10,12,20H2,1-2H3,(H,21,23)/t13-,14?/m0/s1. The van der Waals surface area contributed by atoms with Crippen LogP contribution >= 0.6 is 0 Å². The van der Waals surface area contributed by atoms with E-state index >= 15 is 0 Å². The zero-order valence-electron chi connectivity index (χ0n) is 14.8. The summed E-state index contributed by atoms with van der Waals surface area (Å²) in [5.41, 5.74) is 7.53. The molecule has 0 aromatic heterocycles. The van der Waals surface area contributed by atoms with Crippen molar-refractivity contribution in [3.8, 4) is 0 Å². The van der Waals surface area contributed by atoms with Crippen LogP contribution in [0, 0.1) is 0 Å². The predicted molar refractivity (Wildman–Crippen MR) is 102 cm³/mol. The molecule has 0 spiro atoms. The van der Waals surface area contributed by atoms with Crippen molar-refractivity contribution in [2.75, 3.05) is 10.8 Å². The number of hydrogen-bond acceptors (Lipinski definition) is 4. The van der Waals surface area contributed by atoms with Crippen molar-refractivity contribution >= 4 is 21.6 Å². The molecule has 2 aromatic rings. The molecule has 1 aliphatic rings. The van der Waals surface area contributed by atoms with Crippen LogP contribution in [-0.2, 0) is 16.4 Å². The fraction of sp³-hybridized carbons (Fsp3) is 0.316. The Labute approximate surface area is 154 Å². The number of para-hydroxylation sites is 1. The number of carbonyl (C=O) groups is 1. The lowest BCUT2D eigenvalue weighted by molar-refractivity contribution is 0.0941. The van der Waals surface area contributed by atoms with Gasteiger partial charge >= 0.3 is 0 Å². The van der Waals surface area contributed by atoms with E-state index in [4.69, 9.17) is 5.73 Å². The van der Waals surface area contributed by atoms with Gasteiger partial charge < -0.3 is 11.1 Å². The van der Waals surface area contributed by atoms with Crippen LogP contribution in [0.15, 0.2) is 53.4 Å². The zero-order chi connectivity index (χ0) is 18.9. The molecule has 1 amide bonds. The summed E-state index contributed by atoms with van der Waals surface area (Å²) in [5.74, 6) is -0.338. The third kappa shape index (κ3) is 3.32. The van der Waals surface area contributed by atoms with Gasteiger partial charge in [-0.05, 0) is 50.1 Å². The maximum absolute atomic E-state index is 13.2. The van der Waals surface area contributed by atoms with E-state index in [-0.39, 0.29) is 22.9 Å². The number of nitrogens with zero attached hydrogens (tertiary/aromatic N) is 1. The van der Waals surface area contributed by atoms with Crippen LogP contribution < -0.4 is 15.4 Å². The molecule has 6 nitrogen and oxygen atoms in total. The molecule has 138 valence electrons. The molecule has 0 saturated carbocycles. The van der Waals surface area contributed by atoms with Gasteiger partial charge in [-0.2, -0.15) is 0 Å². The summed E-state index contributed by atoms with van der Waals surface area (Å²) in [5, 5.41) is 2.75. The Balaban J connectivity index is 1.96. The highest BCUT2D eigenvalue weighted by Gasteiger charge is 2.36. The van der Waals surface area contributed by atoms with Crippen molar-refractivity contribution in [1.82, 2.24) is 5.32 Å². The summed E-state index contributed by atoms with van der Waals surface area (Å²) in [6.07, 6.45) is 0.670. The first kappa shape index (κ1) is 18.4. The van der Waals surface area contributed by atoms with Crippen molar-refractivity contribution in [2.45, 2.75) is 37.2 Å². The Kier molecular flexibility index (Phi) is 5.02. The lowest BCUT2D eigenvalue weighted by Gasteiger charge is -2.24. The Morgan fingerprint density at radius 3 is 2.73 bits per heavy atom. The summed E-state index contributed by atoms with van der Waals surface area (Å²) >= 11 is 0. The number of rotatable bonds is 5. The number of amides is 1. The Morgan fingerprint density at radius 1 is 1.27 bits per heavy atom. The van der Waals surface area contributed by atoms with E-state index in [1.54, 1.807) is 19.1 Å². The summed E-state index contributed by atoms with van der Waals surface area (Å²) in [6.45, 7) is 3.99. The normalized spacial score (nSPS) is 17.7. The number of nitrogens with two attached hydrogens (primary N) is 1. The number of fused-ring (bicyclic) bond motifs is 1. The van der Waals surface area contributed by atoms with Gasteiger partial charge in [0.15, 0.2) is 0 Å². The van der Waals surface area contributed by atoms with Crippen molar-refractivity contribution in [3.63, 3.8) is 0 Å². The van der Waals surface area contributed by atoms with Crippen LogP contribution in [0.25, 0.3) is 0 Å². The molecule has 1 unspecified atom stereocenters. The Hall–Kier alpha value is -2.38. The summed E-state index contributed by atoms with van der Waals surface area (Å²) < 4.78 is 27.9. The van der Waals surface area contributed by atoms with Gasteiger partial charge in [-0.15, -0.1) is 0 Å². The number of benzene rings is 2. The van der Waals surface area contributed by atoms with Gasteiger partial charge in [-0.1, -0.05) is 24.3 Å². The Bertz CT molecular complexity index is 927. The summed E-state index contributed by atoms with van der Waals surface area (Å²) in [7, 11) is -3.76. The van der Waals surface area contributed by atoms with Gasteiger partial charge in [-0.25, -0.2) is 8.42 Å². The maximum Gasteiger partial charge on any atom is 0.264 e. The molecule has 0 radical (unpaired) electrons. The average molecular weight is 373 g/mol. The maximum atomic E-state index is 13.2. The minimum absolute atomic E-state index is 0.106. The van der Waals surface area contributed by atoms with Gasteiger partial charge in [0, 0.05) is 24.2 Å². The molecule has 0 bridgehead atoms. The molecule has 26 heavy (non-hydrogen) atoms. The predicted octanol–water partition coefficient (Wildman–Crippen LogP) is 1.90. The van der Waals surface area contributed by atoms with Crippen molar-refractivity contribution in [2.24, 2.45) is 5.73 Å². The van der Waals surface area contributed by atoms with E-state index in [9.17, 15) is 13.2 Å². The molecule has 3 rings (SSSR count). The molecular weight excluding hydrogens is 350 g/mol. The molecule has 3 N–H and O–H groups in total. The number of sulfonamides is 1. The van der Waals surface area contributed by atoms with Crippen molar-refractivity contribution in [3.05, 3.63) is 59.7 Å². The SMILES string of the molecule is CC1Cc2ccccc2N1S(=O)(=O)c1cccc(C(=O)N[C@@H](C)CN)c1. The second-order valence-electron chi connectivity index (χ2n) is 6.62. The second-order valence-corrected chi connectivity index (χ2v) is 8.44. The van der Waals surface area contributed by atoms with Gasteiger partial charge in [-0.3, -0.25) is 9.10 Å². The molecule has 0 fully saturated rings. The van der Waals surface area contributed by atoms with Crippen LogP contribution in [-0.4, -0.2) is 33.0 Å². The molecule has 0 saturated heterocycles. The third-order valence-corrected chi connectivity index (χ3v) is 6.45. The average Bonchev–Trinajstić information content (AvgIpc) is 2.98. The van der Waals surface area contributed by atoms with Crippen LogP contribution in [0.1, 0.15) is 29.8 Å².